The fourth-order valence-corrected chi connectivity index (χ4v) is 5.81. The second kappa shape index (κ2) is 9.88. The number of rotatable bonds is 6. The van der Waals surface area contributed by atoms with Gasteiger partial charge in [-0.05, 0) is 85.4 Å². The first-order valence-corrected chi connectivity index (χ1v) is 13.1. The number of piperidine rings is 1. The molecule has 5 aromatic rings. The monoisotopic (exact) mass is 512 g/mol. The van der Waals surface area contributed by atoms with Crippen molar-refractivity contribution in [3.8, 4) is 11.1 Å². The maximum Gasteiger partial charge on any atom is 0.317 e. The molecule has 8 heteroatoms. The van der Waals surface area contributed by atoms with E-state index in [1.165, 1.54) is 0 Å². The number of fused-ring (bicyclic) bond motifs is 2. The number of pyridine rings is 1. The summed E-state index contributed by atoms with van der Waals surface area (Å²) < 4.78 is 16.5. The van der Waals surface area contributed by atoms with E-state index in [4.69, 9.17) is 5.11 Å². The van der Waals surface area contributed by atoms with Gasteiger partial charge in [-0.2, -0.15) is 0 Å². The van der Waals surface area contributed by atoms with Gasteiger partial charge in [-0.3, -0.25) is 14.7 Å². The SMILES string of the molecule is O=C(O)CN1CCC(c2ccc(-c3ccc4nccc(Nc5ccc6scnc6c5)c4c3)c(F)c2)CC1. The van der Waals surface area contributed by atoms with E-state index < -0.39 is 5.97 Å². The summed E-state index contributed by atoms with van der Waals surface area (Å²) in [4.78, 5) is 21.8. The summed E-state index contributed by atoms with van der Waals surface area (Å²) in [5.74, 6) is -0.823. The van der Waals surface area contributed by atoms with E-state index in [1.807, 2.05) is 58.9 Å². The molecule has 1 aliphatic rings. The number of nitrogens with zero attached hydrogens (tertiary/aromatic N) is 3. The molecule has 0 bridgehead atoms. The zero-order chi connectivity index (χ0) is 25.4. The minimum absolute atomic E-state index is 0.0627. The van der Waals surface area contributed by atoms with Crippen LogP contribution >= 0.6 is 11.3 Å². The smallest absolute Gasteiger partial charge is 0.317 e. The number of likely N-dealkylation sites (tertiary alicyclic amines) is 1. The van der Waals surface area contributed by atoms with Gasteiger partial charge in [0, 0.05) is 28.5 Å². The number of carboxylic acids is 1. The van der Waals surface area contributed by atoms with Crippen LogP contribution in [0.25, 0.3) is 32.2 Å². The minimum Gasteiger partial charge on any atom is -0.480 e. The molecule has 0 saturated carbocycles. The molecular formula is C29H25FN4O2S. The highest BCUT2D eigenvalue weighted by molar-refractivity contribution is 7.16. The van der Waals surface area contributed by atoms with E-state index in [2.05, 4.69) is 21.4 Å². The first-order valence-electron chi connectivity index (χ1n) is 12.3. The zero-order valence-corrected chi connectivity index (χ0v) is 20.8. The molecule has 186 valence electrons. The lowest BCUT2D eigenvalue weighted by atomic mass is 9.88. The Kier molecular flexibility index (Phi) is 6.28. The molecule has 2 N–H and O–H groups in total. The predicted octanol–water partition coefficient (Wildman–Crippen LogP) is 6.66. The largest absolute Gasteiger partial charge is 0.480 e. The number of thiazole rings is 1. The highest BCUT2D eigenvalue weighted by Crippen LogP contribution is 2.34. The number of hydrogen-bond acceptors (Lipinski definition) is 6. The molecule has 0 unspecified atom stereocenters. The number of nitrogens with one attached hydrogen (secondary N) is 1. The minimum atomic E-state index is -0.807. The van der Waals surface area contributed by atoms with Gasteiger partial charge in [0.05, 0.1) is 27.8 Å². The van der Waals surface area contributed by atoms with Crippen molar-refractivity contribution in [1.29, 1.82) is 0 Å². The van der Waals surface area contributed by atoms with Crippen LogP contribution in [0.4, 0.5) is 15.8 Å². The maximum absolute atomic E-state index is 15.4. The van der Waals surface area contributed by atoms with Crippen LogP contribution in [0.3, 0.4) is 0 Å². The van der Waals surface area contributed by atoms with Crippen molar-refractivity contribution < 1.29 is 14.3 Å². The van der Waals surface area contributed by atoms with Crippen LogP contribution in [0.5, 0.6) is 0 Å². The summed E-state index contributed by atoms with van der Waals surface area (Å²) in [7, 11) is 0. The van der Waals surface area contributed by atoms with Crippen molar-refractivity contribution in [2.45, 2.75) is 18.8 Å². The Labute approximate surface area is 217 Å². The maximum atomic E-state index is 15.4. The second-order valence-corrected chi connectivity index (χ2v) is 10.3. The molecule has 3 aromatic carbocycles. The molecule has 0 radical (unpaired) electrons. The fraction of sp³-hybridized carbons (Fsp3) is 0.207. The van der Waals surface area contributed by atoms with Gasteiger partial charge in [0.15, 0.2) is 0 Å². The third kappa shape index (κ3) is 4.90. The summed E-state index contributed by atoms with van der Waals surface area (Å²) in [6, 6.07) is 19.3. The lowest BCUT2D eigenvalue weighted by Gasteiger charge is -2.31. The highest BCUT2D eigenvalue weighted by Gasteiger charge is 2.23. The van der Waals surface area contributed by atoms with Gasteiger partial charge >= 0.3 is 5.97 Å². The van der Waals surface area contributed by atoms with Gasteiger partial charge in [0.1, 0.15) is 5.82 Å². The molecule has 2 aromatic heterocycles. The molecule has 1 aliphatic heterocycles. The van der Waals surface area contributed by atoms with Gasteiger partial charge in [-0.25, -0.2) is 9.37 Å². The number of carbonyl (C=O) groups is 1. The van der Waals surface area contributed by atoms with E-state index in [0.29, 0.717) is 18.7 Å². The third-order valence-electron chi connectivity index (χ3n) is 7.07. The Hall–Kier alpha value is -3.88. The summed E-state index contributed by atoms with van der Waals surface area (Å²) >= 11 is 1.61. The van der Waals surface area contributed by atoms with Crippen LogP contribution in [0.1, 0.15) is 24.3 Å². The summed E-state index contributed by atoms with van der Waals surface area (Å²) in [5, 5.41) is 13.4. The number of aliphatic carboxylic acids is 1. The topological polar surface area (TPSA) is 78.3 Å². The lowest BCUT2D eigenvalue weighted by Crippen LogP contribution is -2.36. The Balaban J connectivity index is 1.26. The number of benzene rings is 3. The van der Waals surface area contributed by atoms with Crippen molar-refractivity contribution in [3.05, 3.63) is 83.8 Å². The van der Waals surface area contributed by atoms with Crippen LogP contribution in [-0.4, -0.2) is 45.6 Å². The molecule has 0 aliphatic carbocycles. The zero-order valence-electron chi connectivity index (χ0n) is 20.0. The van der Waals surface area contributed by atoms with Crippen LogP contribution in [0, 0.1) is 5.82 Å². The Bertz CT molecular complexity index is 1610. The first-order chi connectivity index (χ1) is 18.0. The summed E-state index contributed by atoms with van der Waals surface area (Å²) in [6.45, 7) is 1.49. The molecule has 6 rings (SSSR count). The van der Waals surface area contributed by atoms with Crippen LogP contribution < -0.4 is 5.32 Å². The van der Waals surface area contributed by atoms with E-state index in [0.717, 1.165) is 56.5 Å². The lowest BCUT2D eigenvalue weighted by molar-refractivity contribution is -0.138. The predicted molar refractivity (Wildman–Crippen MR) is 146 cm³/mol. The Morgan fingerprint density at radius 1 is 1.03 bits per heavy atom. The van der Waals surface area contributed by atoms with Crippen LogP contribution in [-0.2, 0) is 4.79 Å². The molecule has 0 spiro atoms. The van der Waals surface area contributed by atoms with Crippen molar-refractivity contribution in [1.82, 2.24) is 14.9 Å². The van der Waals surface area contributed by atoms with Crippen molar-refractivity contribution in [2.24, 2.45) is 0 Å². The average Bonchev–Trinajstić information content (AvgIpc) is 3.37. The van der Waals surface area contributed by atoms with Gasteiger partial charge in [-0.1, -0.05) is 18.2 Å². The van der Waals surface area contributed by atoms with E-state index in [9.17, 15) is 4.79 Å². The molecule has 1 fully saturated rings. The second-order valence-electron chi connectivity index (χ2n) is 9.43. The number of halogens is 1. The Morgan fingerprint density at radius 3 is 2.70 bits per heavy atom. The number of anilines is 2. The van der Waals surface area contributed by atoms with Gasteiger partial charge in [0.25, 0.3) is 0 Å². The quantitative estimate of drug-likeness (QED) is 0.265. The number of carboxylic acid groups (broad SMARTS) is 1. The molecular weight excluding hydrogens is 487 g/mol. The van der Waals surface area contributed by atoms with Crippen molar-refractivity contribution >= 4 is 49.8 Å². The highest BCUT2D eigenvalue weighted by atomic mass is 32.1. The normalized spacial score (nSPS) is 14.8. The van der Waals surface area contributed by atoms with Crippen LogP contribution in [0.2, 0.25) is 0 Å². The molecule has 37 heavy (non-hydrogen) atoms. The van der Waals surface area contributed by atoms with E-state index in [-0.39, 0.29) is 18.3 Å². The molecule has 3 heterocycles. The third-order valence-corrected chi connectivity index (χ3v) is 7.88. The Morgan fingerprint density at radius 2 is 1.89 bits per heavy atom. The summed E-state index contributed by atoms with van der Waals surface area (Å²) in [6.07, 6.45) is 3.42. The molecule has 0 atom stereocenters. The van der Waals surface area contributed by atoms with Gasteiger partial charge in [-0.15, -0.1) is 11.3 Å². The first kappa shape index (κ1) is 23.5. The number of aromatic nitrogens is 2. The van der Waals surface area contributed by atoms with Crippen molar-refractivity contribution in [3.63, 3.8) is 0 Å². The average molecular weight is 513 g/mol. The standard InChI is InChI=1S/C29H25FN4O2S/c30-24-14-19(18-8-11-34(12-9-18)16-29(35)36)1-4-22(24)20-2-5-25-23(13-20)26(7-10-31-25)33-21-3-6-28-27(15-21)32-17-37-28/h1-7,10,13-15,17-18H,8-9,11-12,16H2,(H,31,33)(H,35,36). The molecule has 6 nitrogen and oxygen atoms in total. The van der Waals surface area contributed by atoms with Gasteiger partial charge in [0.2, 0.25) is 0 Å². The molecule has 0 amide bonds. The summed E-state index contributed by atoms with van der Waals surface area (Å²) in [5.41, 5.74) is 7.75. The van der Waals surface area contributed by atoms with E-state index >= 15 is 4.39 Å². The van der Waals surface area contributed by atoms with E-state index in [1.54, 1.807) is 23.6 Å². The molecule has 1 saturated heterocycles. The van der Waals surface area contributed by atoms with Crippen molar-refractivity contribution in [2.75, 3.05) is 25.0 Å². The van der Waals surface area contributed by atoms with Crippen LogP contribution in [0.15, 0.2) is 72.4 Å². The number of hydrogen-bond donors (Lipinski definition) is 2. The fourth-order valence-electron chi connectivity index (χ4n) is 5.15. The van der Waals surface area contributed by atoms with Gasteiger partial charge < -0.3 is 10.4 Å².